The lowest BCUT2D eigenvalue weighted by Crippen LogP contribution is -2.21. The minimum absolute atomic E-state index is 0.300. The molecule has 0 amide bonds. The summed E-state index contributed by atoms with van der Waals surface area (Å²) in [6, 6.07) is 8.93. The average molecular weight is 336 g/mol. The summed E-state index contributed by atoms with van der Waals surface area (Å²) in [5.41, 5.74) is 5.02. The number of hydrogen-bond acceptors (Lipinski definition) is 2. The predicted molar refractivity (Wildman–Crippen MR) is 87.0 cm³/mol. The monoisotopic (exact) mass is 335 g/mol. The summed E-state index contributed by atoms with van der Waals surface area (Å²) >= 11 is 3.57. The maximum absolute atomic E-state index is 4.53. The Morgan fingerprint density at radius 1 is 1.30 bits per heavy atom. The van der Waals surface area contributed by atoms with E-state index in [1.54, 1.807) is 0 Å². The minimum atomic E-state index is 0.300. The van der Waals surface area contributed by atoms with E-state index in [1.165, 1.54) is 16.8 Å². The van der Waals surface area contributed by atoms with Crippen LogP contribution in [0.4, 0.5) is 0 Å². The molecule has 3 nitrogen and oxygen atoms in total. The van der Waals surface area contributed by atoms with E-state index in [1.807, 2.05) is 14.0 Å². The van der Waals surface area contributed by atoms with Crippen LogP contribution in [0.1, 0.15) is 35.5 Å². The lowest BCUT2D eigenvalue weighted by atomic mass is 9.97. The van der Waals surface area contributed by atoms with Crippen LogP contribution in [0.2, 0.25) is 0 Å². The van der Waals surface area contributed by atoms with Gasteiger partial charge in [-0.05, 0) is 57.1 Å². The van der Waals surface area contributed by atoms with E-state index < -0.39 is 0 Å². The molecule has 0 saturated heterocycles. The molecule has 1 aromatic carbocycles. The Morgan fingerprint density at radius 2 is 2.05 bits per heavy atom. The maximum atomic E-state index is 4.53. The van der Waals surface area contributed by atoms with Crippen LogP contribution in [-0.4, -0.2) is 16.8 Å². The van der Waals surface area contributed by atoms with E-state index in [0.717, 1.165) is 23.1 Å². The smallest absolute Gasteiger partial charge is 0.0596 e. The molecule has 0 aliphatic heterocycles. The van der Waals surface area contributed by atoms with E-state index >= 15 is 0 Å². The summed E-state index contributed by atoms with van der Waals surface area (Å²) in [7, 11) is 2.02. The van der Waals surface area contributed by atoms with E-state index in [0.29, 0.717) is 6.04 Å². The largest absolute Gasteiger partial charge is 0.313 e. The Bertz CT molecular complexity index is 589. The van der Waals surface area contributed by atoms with Crippen LogP contribution in [0.3, 0.4) is 0 Å². The SMILES string of the molecule is CCn1nc(C)cc1CC(NC)c1cc(Br)ccc1C. The summed E-state index contributed by atoms with van der Waals surface area (Å²) in [6.45, 7) is 7.26. The predicted octanol–water partition coefficient (Wildman–Crippen LogP) is 3.79. The third-order valence-electron chi connectivity index (χ3n) is 3.66. The molecule has 1 heterocycles. The van der Waals surface area contributed by atoms with Crippen LogP contribution in [0, 0.1) is 13.8 Å². The molecule has 2 aromatic rings. The number of halogens is 1. The highest BCUT2D eigenvalue weighted by atomic mass is 79.9. The van der Waals surface area contributed by atoms with Gasteiger partial charge in [0.05, 0.1) is 5.69 Å². The van der Waals surface area contributed by atoms with Crippen molar-refractivity contribution >= 4 is 15.9 Å². The second kappa shape index (κ2) is 6.55. The van der Waals surface area contributed by atoms with Crippen molar-refractivity contribution in [1.82, 2.24) is 15.1 Å². The molecule has 4 heteroatoms. The molecule has 1 N–H and O–H groups in total. The highest BCUT2D eigenvalue weighted by molar-refractivity contribution is 9.10. The van der Waals surface area contributed by atoms with Crippen molar-refractivity contribution in [3.63, 3.8) is 0 Å². The molecule has 20 heavy (non-hydrogen) atoms. The lowest BCUT2D eigenvalue weighted by Gasteiger charge is -2.19. The number of nitrogens with one attached hydrogen (secondary N) is 1. The molecular formula is C16H22BrN3. The second-order valence-corrected chi connectivity index (χ2v) is 6.05. The van der Waals surface area contributed by atoms with Crippen LogP contribution in [-0.2, 0) is 13.0 Å². The van der Waals surface area contributed by atoms with Crippen molar-refractivity contribution in [2.24, 2.45) is 0 Å². The first-order chi connectivity index (χ1) is 9.55. The Labute approximate surface area is 129 Å². The molecule has 0 aliphatic rings. The molecule has 1 atom stereocenters. The number of nitrogens with zero attached hydrogens (tertiary/aromatic N) is 2. The third-order valence-corrected chi connectivity index (χ3v) is 4.16. The molecule has 108 valence electrons. The first-order valence-corrected chi connectivity index (χ1v) is 7.81. The van der Waals surface area contributed by atoms with Crippen molar-refractivity contribution in [2.45, 2.75) is 39.8 Å². The molecule has 0 aliphatic carbocycles. The van der Waals surface area contributed by atoms with Gasteiger partial charge in [-0.1, -0.05) is 22.0 Å². The highest BCUT2D eigenvalue weighted by Gasteiger charge is 2.16. The van der Waals surface area contributed by atoms with E-state index in [-0.39, 0.29) is 0 Å². The summed E-state index contributed by atoms with van der Waals surface area (Å²) < 4.78 is 3.21. The molecule has 2 rings (SSSR count). The highest BCUT2D eigenvalue weighted by Crippen LogP contribution is 2.25. The van der Waals surface area contributed by atoms with E-state index in [4.69, 9.17) is 0 Å². The van der Waals surface area contributed by atoms with Gasteiger partial charge in [0, 0.05) is 29.2 Å². The van der Waals surface area contributed by atoms with Gasteiger partial charge in [-0.25, -0.2) is 0 Å². The molecular weight excluding hydrogens is 314 g/mol. The second-order valence-electron chi connectivity index (χ2n) is 5.14. The Kier molecular flexibility index (Phi) is 5.00. The normalized spacial score (nSPS) is 12.7. The van der Waals surface area contributed by atoms with Gasteiger partial charge >= 0.3 is 0 Å². The quantitative estimate of drug-likeness (QED) is 0.900. The van der Waals surface area contributed by atoms with Crippen LogP contribution < -0.4 is 5.32 Å². The summed E-state index contributed by atoms with van der Waals surface area (Å²) in [5.74, 6) is 0. The van der Waals surface area contributed by atoms with Crippen LogP contribution in [0.25, 0.3) is 0 Å². The number of aryl methyl sites for hydroxylation is 3. The lowest BCUT2D eigenvalue weighted by molar-refractivity contribution is 0.539. The zero-order chi connectivity index (χ0) is 14.7. The van der Waals surface area contributed by atoms with Crippen molar-refractivity contribution < 1.29 is 0 Å². The van der Waals surface area contributed by atoms with Gasteiger partial charge in [-0.15, -0.1) is 0 Å². The zero-order valence-corrected chi connectivity index (χ0v) is 14.2. The van der Waals surface area contributed by atoms with Gasteiger partial charge in [0.1, 0.15) is 0 Å². The molecule has 0 radical (unpaired) electrons. The summed E-state index contributed by atoms with van der Waals surface area (Å²) in [6.07, 6.45) is 0.947. The average Bonchev–Trinajstić information content (AvgIpc) is 2.79. The number of hydrogen-bond donors (Lipinski definition) is 1. The topological polar surface area (TPSA) is 29.9 Å². The molecule has 0 saturated carbocycles. The van der Waals surface area contributed by atoms with Crippen LogP contribution >= 0.6 is 15.9 Å². The molecule has 0 spiro atoms. The molecule has 0 bridgehead atoms. The van der Waals surface area contributed by atoms with Crippen molar-refractivity contribution in [3.05, 3.63) is 51.3 Å². The molecule has 1 aromatic heterocycles. The van der Waals surface area contributed by atoms with Gasteiger partial charge in [0.25, 0.3) is 0 Å². The number of benzene rings is 1. The van der Waals surface area contributed by atoms with Gasteiger partial charge in [0.2, 0.25) is 0 Å². The van der Waals surface area contributed by atoms with Gasteiger partial charge < -0.3 is 5.32 Å². The summed E-state index contributed by atoms with van der Waals surface area (Å²) in [4.78, 5) is 0. The fourth-order valence-corrected chi connectivity index (χ4v) is 2.98. The minimum Gasteiger partial charge on any atom is -0.313 e. The Balaban J connectivity index is 2.30. The molecule has 0 fully saturated rings. The number of rotatable bonds is 5. The Morgan fingerprint density at radius 3 is 2.70 bits per heavy atom. The standard InChI is InChI=1S/C16H22BrN3/c1-5-20-14(8-12(3)19-20)10-16(18-4)15-9-13(17)7-6-11(15)2/h6-9,16,18H,5,10H2,1-4H3. The number of aromatic nitrogens is 2. The summed E-state index contributed by atoms with van der Waals surface area (Å²) in [5, 5.41) is 7.96. The first-order valence-electron chi connectivity index (χ1n) is 7.01. The zero-order valence-electron chi connectivity index (χ0n) is 12.6. The van der Waals surface area contributed by atoms with Crippen LogP contribution in [0.5, 0.6) is 0 Å². The third kappa shape index (κ3) is 3.30. The first kappa shape index (κ1) is 15.3. The van der Waals surface area contributed by atoms with Crippen molar-refractivity contribution in [3.8, 4) is 0 Å². The van der Waals surface area contributed by atoms with Gasteiger partial charge in [-0.3, -0.25) is 4.68 Å². The Hall–Kier alpha value is -1.13. The van der Waals surface area contributed by atoms with Crippen LogP contribution in [0.15, 0.2) is 28.7 Å². The van der Waals surface area contributed by atoms with Gasteiger partial charge in [0.15, 0.2) is 0 Å². The van der Waals surface area contributed by atoms with Gasteiger partial charge in [-0.2, -0.15) is 5.10 Å². The fraction of sp³-hybridized carbons (Fsp3) is 0.438. The number of likely N-dealkylation sites (N-methyl/N-ethyl adjacent to an activating group) is 1. The van der Waals surface area contributed by atoms with E-state index in [9.17, 15) is 0 Å². The maximum Gasteiger partial charge on any atom is 0.0596 e. The van der Waals surface area contributed by atoms with Crippen molar-refractivity contribution in [1.29, 1.82) is 0 Å². The fourth-order valence-electron chi connectivity index (χ4n) is 2.60. The van der Waals surface area contributed by atoms with E-state index in [2.05, 4.69) is 69.1 Å². The van der Waals surface area contributed by atoms with Crippen molar-refractivity contribution in [2.75, 3.05) is 7.05 Å². The molecule has 1 unspecified atom stereocenters.